The van der Waals surface area contributed by atoms with Crippen LogP contribution < -0.4 is 10.9 Å². The summed E-state index contributed by atoms with van der Waals surface area (Å²) >= 11 is 24.6. The molecule has 0 N–H and O–H groups in total. The Bertz CT molecular complexity index is 8690. The lowest BCUT2D eigenvalue weighted by molar-refractivity contribution is 0.00578. The van der Waals surface area contributed by atoms with Gasteiger partial charge in [-0.2, -0.15) is 9.97 Å². The van der Waals surface area contributed by atoms with Gasteiger partial charge in [0.05, 0.1) is 44.4 Å². The zero-order valence-electron chi connectivity index (χ0n) is 78.9. The van der Waals surface area contributed by atoms with Crippen molar-refractivity contribution in [3.63, 3.8) is 0 Å². The number of aromatic nitrogens is 8. The van der Waals surface area contributed by atoms with E-state index in [0.29, 0.717) is 39.2 Å². The number of rotatable bonds is 11. The molecule has 6 aromatic heterocycles. The first kappa shape index (κ1) is 92.6. The Kier molecular flexibility index (Phi) is 25.4. The molecule has 2 saturated heterocycles. The van der Waals surface area contributed by atoms with E-state index in [1.54, 1.807) is 22.7 Å². The van der Waals surface area contributed by atoms with E-state index in [0.717, 1.165) is 87.4 Å². The summed E-state index contributed by atoms with van der Waals surface area (Å²) in [5.74, 6) is 3.73. The van der Waals surface area contributed by atoms with Crippen LogP contribution >= 0.6 is 68.8 Å². The van der Waals surface area contributed by atoms with Crippen LogP contribution in [0.2, 0.25) is 15.3 Å². The first-order valence-electron chi connectivity index (χ1n) is 47.2. The van der Waals surface area contributed by atoms with Crippen LogP contribution in [0.3, 0.4) is 0 Å². The van der Waals surface area contributed by atoms with Crippen molar-refractivity contribution in [1.82, 2.24) is 39.9 Å². The predicted octanol–water partition coefficient (Wildman–Crippen LogP) is 32.9. The minimum absolute atomic E-state index is 0.202. The molecule has 2 aliphatic rings. The molecule has 0 amide bonds. The molecule has 0 saturated carbocycles. The highest BCUT2D eigenvalue weighted by Crippen LogP contribution is 2.49. The monoisotopic (exact) mass is 1950 g/mol. The second-order valence-electron chi connectivity index (χ2n) is 37.2. The molecule has 20 heteroatoms. The summed E-state index contributed by atoms with van der Waals surface area (Å²) in [7, 11) is -0.757. The zero-order valence-corrected chi connectivity index (χ0v) is 83.6. The molecule has 26 rings (SSSR count). The molecule has 24 aromatic rings. The third-order valence-corrected chi connectivity index (χ3v) is 31.5. The van der Waals surface area contributed by atoms with Crippen LogP contribution in [0, 0.1) is 0 Å². The summed E-state index contributed by atoms with van der Waals surface area (Å²) < 4.78 is 32.1. The molecule has 2 aliphatic heterocycles. The molecule has 0 atom stereocenters. The van der Waals surface area contributed by atoms with E-state index >= 15 is 0 Å². The Morgan fingerprint density at radius 1 is 0.225 bits per heavy atom. The molecule has 0 aliphatic carbocycles. The van der Waals surface area contributed by atoms with E-state index in [-0.39, 0.29) is 34.8 Å². The summed E-state index contributed by atoms with van der Waals surface area (Å²) in [6.45, 7) is 16.6. The Morgan fingerprint density at radius 3 is 1.01 bits per heavy atom. The molecule has 142 heavy (non-hydrogen) atoms. The van der Waals surface area contributed by atoms with E-state index in [1.807, 2.05) is 169 Å². The van der Waals surface area contributed by atoms with Gasteiger partial charge in [-0.25, -0.2) is 29.9 Å². The molecule has 0 radical (unpaired) electrons. The summed E-state index contributed by atoms with van der Waals surface area (Å²) in [5.41, 5.74) is 12.6. The highest BCUT2D eigenvalue weighted by atomic mass is 35.5. The molecule has 18 aromatic carbocycles. The summed E-state index contributed by atoms with van der Waals surface area (Å²) in [5, 5.41) is 18.9. The van der Waals surface area contributed by atoms with Gasteiger partial charge in [0.25, 0.3) is 0 Å². The fourth-order valence-electron chi connectivity index (χ4n) is 18.3. The van der Waals surface area contributed by atoms with Crippen molar-refractivity contribution in [2.24, 2.45) is 0 Å². The molecule has 0 spiro atoms. The van der Waals surface area contributed by atoms with Gasteiger partial charge in [0.15, 0.2) is 34.9 Å². The van der Waals surface area contributed by atoms with E-state index < -0.39 is 7.12 Å². The lowest BCUT2D eigenvalue weighted by atomic mass is 9.78. The fourth-order valence-corrected chi connectivity index (χ4v) is 22.8. The number of nitrogens with zero attached hydrogens (tertiary/aromatic N) is 8. The molecular weight excluding hydrogens is 1870 g/mol. The quantitative estimate of drug-likeness (QED) is 0.0899. The van der Waals surface area contributed by atoms with Gasteiger partial charge in [0, 0.05) is 110 Å². The van der Waals surface area contributed by atoms with Gasteiger partial charge in [-0.3, -0.25) is 0 Å². The van der Waals surface area contributed by atoms with Crippen LogP contribution in [-0.2, 0) is 18.6 Å². The molecule has 12 nitrogen and oxygen atoms in total. The van der Waals surface area contributed by atoms with E-state index in [2.05, 4.69) is 319 Å². The highest BCUT2D eigenvalue weighted by Gasteiger charge is 2.54. The Hall–Kier alpha value is -14.4. The molecule has 8 heterocycles. The van der Waals surface area contributed by atoms with Crippen molar-refractivity contribution in [3.8, 4) is 102 Å². The fraction of sp³-hybridized carbons (Fsp3) is 0.0984. The zero-order chi connectivity index (χ0) is 97.0. The smallest absolute Gasteiger partial charge is 0.399 e. The predicted molar refractivity (Wildman–Crippen MR) is 599 cm³/mol. The van der Waals surface area contributed by atoms with Crippen LogP contribution in [-0.4, -0.2) is 76.5 Å². The number of hydrogen-bond donors (Lipinski definition) is 0. The van der Waals surface area contributed by atoms with Gasteiger partial charge in [0.2, 0.25) is 5.28 Å². The van der Waals surface area contributed by atoms with Crippen LogP contribution in [0.25, 0.3) is 206 Å². The SMILES string of the molecule is CC1(C)OB(c2c(Cl)ccc3c2sc2ccccc23)OC1(C)C.CC1(C)OB(c2ccc3ccc4ccccc4c3c2)OC1(C)C.Clc1ccc2c(sc3ccccc32)c1-c1nc(-c2ccccc2)nc(-c2ccccc2)n1.Clc1nc(-c2ccccc2)nc(-c2ccccc2)n1.c1ccc(-c2cc(-c3c(-c4ccc5ccc6ccccc6c5c4)ccc4c3sc3ccccc34)nc(-c3ccccc3)n2)cc1. The van der Waals surface area contributed by atoms with Crippen LogP contribution in [0.1, 0.15) is 55.4 Å². The number of hydrogen-bond acceptors (Lipinski definition) is 15. The topological polar surface area (TPSA) is 140 Å². The van der Waals surface area contributed by atoms with Crippen molar-refractivity contribution >= 4 is 198 Å². The maximum Gasteiger partial charge on any atom is 0.497 e. The van der Waals surface area contributed by atoms with E-state index in [4.69, 9.17) is 78.3 Å². The van der Waals surface area contributed by atoms with E-state index in [9.17, 15) is 0 Å². The van der Waals surface area contributed by atoms with Crippen LogP contribution in [0.15, 0.2) is 406 Å². The number of halogens is 3. The third kappa shape index (κ3) is 18.4. The van der Waals surface area contributed by atoms with Gasteiger partial charge in [-0.1, -0.05) is 387 Å². The lowest BCUT2D eigenvalue weighted by Crippen LogP contribution is -2.41. The second kappa shape index (κ2) is 38.9. The standard InChI is InChI=1S/C42H26N2S.C27H16ClN3S.C20H21BO2.C18H18BClO2S.C15H10ClN3/c1-3-12-29(13-4-1)37-26-38(44-42(43-37)30-14-5-2-6-15-30)40-33(23-24-35-34-17-9-10-18-39(34)45-41(35)40)31-22-21-28-20-19-27-11-7-8-16-32(27)36(28)25-31;28-21-16-15-20-19-13-7-8-14-22(19)32-24(20)23(21)27-30-25(17-9-3-1-4-10-17)29-26(31-27)18-11-5-2-6-12-18;1-19(2)20(3,4)23-21(22-19)16-12-11-15-10-9-14-7-5-6-8-17(14)18(15)13-16;1-17(2)18(3,4)22-19(21-17)15-13(20)10-9-12-11-7-5-6-8-14(11)23-16(12)15;16-15-18-13(11-7-3-1-4-8-11)17-14(19-15)12-9-5-2-6-10-12/h1-26H;1-16H;5-13H,1-4H3;5-10H,1-4H3;1-10H. The van der Waals surface area contributed by atoms with Gasteiger partial charge in [0.1, 0.15) is 0 Å². The minimum atomic E-state index is -0.440. The number of fused-ring (bicyclic) bond motifs is 15. The van der Waals surface area contributed by atoms with E-state index in [1.165, 1.54) is 99.9 Å². The average Bonchev–Trinajstić information content (AvgIpc) is 1.51. The third-order valence-electron chi connectivity index (χ3n) is 27.1. The maximum atomic E-state index is 6.77. The summed E-state index contributed by atoms with van der Waals surface area (Å²) in [6, 6.07) is 140. The first-order valence-corrected chi connectivity index (χ1v) is 50.7. The van der Waals surface area contributed by atoms with Gasteiger partial charge >= 0.3 is 14.2 Å². The minimum Gasteiger partial charge on any atom is -0.399 e. The van der Waals surface area contributed by atoms with Gasteiger partial charge in [-0.05, 0) is 169 Å². The van der Waals surface area contributed by atoms with Gasteiger partial charge in [-0.15, -0.1) is 34.0 Å². The Morgan fingerprint density at radius 2 is 0.549 bits per heavy atom. The Labute approximate surface area is 850 Å². The van der Waals surface area contributed by atoms with Gasteiger partial charge < -0.3 is 18.6 Å². The Balaban J connectivity index is 0.000000106. The molecule has 2 fully saturated rings. The van der Waals surface area contributed by atoms with Crippen LogP contribution in [0.5, 0.6) is 0 Å². The molecular formula is C122H91B2Cl3N8O4S3. The first-order chi connectivity index (χ1) is 69.1. The van der Waals surface area contributed by atoms with Crippen LogP contribution in [0.4, 0.5) is 0 Å². The molecule has 0 bridgehead atoms. The van der Waals surface area contributed by atoms with Crippen molar-refractivity contribution in [2.45, 2.75) is 77.8 Å². The number of benzene rings is 18. The second-order valence-corrected chi connectivity index (χ2v) is 41.5. The molecule has 688 valence electrons. The van der Waals surface area contributed by atoms with Crippen molar-refractivity contribution < 1.29 is 18.6 Å². The maximum absolute atomic E-state index is 6.77. The normalized spacial score (nSPS) is 14.0. The average molecular weight is 1960 g/mol. The summed E-state index contributed by atoms with van der Waals surface area (Å²) in [4.78, 5) is 37.8. The largest absolute Gasteiger partial charge is 0.497 e. The highest BCUT2D eigenvalue weighted by molar-refractivity contribution is 7.27. The van der Waals surface area contributed by atoms with Crippen molar-refractivity contribution in [1.29, 1.82) is 0 Å². The number of thiophene rings is 3. The molecule has 0 unspecified atom stereocenters. The lowest BCUT2D eigenvalue weighted by Gasteiger charge is -2.32. The summed E-state index contributed by atoms with van der Waals surface area (Å²) in [6.07, 6.45) is 0. The van der Waals surface area contributed by atoms with Crippen molar-refractivity contribution in [3.05, 3.63) is 422 Å². The van der Waals surface area contributed by atoms with Crippen molar-refractivity contribution in [2.75, 3.05) is 0 Å².